The minimum atomic E-state index is -3.50. The van der Waals surface area contributed by atoms with Crippen LogP contribution in [0.25, 0.3) is 0 Å². The smallest absolute Gasteiger partial charge is 0.240 e. The predicted octanol–water partition coefficient (Wildman–Crippen LogP) is 3.28. The number of aromatic nitrogens is 1. The molecule has 2 aromatic rings. The van der Waals surface area contributed by atoms with E-state index in [0.29, 0.717) is 23.2 Å². The average molecular weight is 449 g/mol. The zero-order valence-electron chi connectivity index (χ0n) is 16.6. The molecule has 1 aromatic carbocycles. The van der Waals surface area contributed by atoms with Gasteiger partial charge in [0.15, 0.2) is 0 Å². The number of sulfonamides is 1. The van der Waals surface area contributed by atoms with E-state index in [1.54, 1.807) is 18.3 Å². The van der Waals surface area contributed by atoms with Gasteiger partial charge in [0.2, 0.25) is 15.9 Å². The zero-order chi connectivity index (χ0) is 21.1. The Bertz CT molecular complexity index is 984. The number of amides is 1. The number of anilines is 2. The molecule has 0 bridgehead atoms. The summed E-state index contributed by atoms with van der Waals surface area (Å²) in [6, 6.07) is 10.0. The van der Waals surface area contributed by atoms with Gasteiger partial charge in [-0.3, -0.25) is 4.79 Å². The van der Waals surface area contributed by atoms with E-state index in [0.717, 1.165) is 44.6 Å². The molecule has 2 fully saturated rings. The van der Waals surface area contributed by atoms with Crippen molar-refractivity contribution in [3.05, 3.63) is 47.6 Å². The first-order chi connectivity index (χ1) is 14.4. The highest BCUT2D eigenvalue weighted by Gasteiger charge is 2.26. The summed E-state index contributed by atoms with van der Waals surface area (Å²) in [5, 5.41) is 3.51. The number of pyridine rings is 1. The summed E-state index contributed by atoms with van der Waals surface area (Å²) in [4.78, 5) is 19.3. The van der Waals surface area contributed by atoms with E-state index in [2.05, 4.69) is 19.9 Å². The number of benzene rings is 1. The van der Waals surface area contributed by atoms with Crippen LogP contribution in [0.15, 0.2) is 47.5 Å². The molecule has 0 radical (unpaired) electrons. The predicted molar refractivity (Wildman–Crippen MR) is 117 cm³/mol. The van der Waals surface area contributed by atoms with Crippen LogP contribution in [0, 0.1) is 11.8 Å². The van der Waals surface area contributed by atoms with Crippen LogP contribution in [0.1, 0.15) is 25.7 Å². The van der Waals surface area contributed by atoms with E-state index < -0.39 is 10.0 Å². The summed E-state index contributed by atoms with van der Waals surface area (Å²) < 4.78 is 27.2. The van der Waals surface area contributed by atoms with E-state index in [-0.39, 0.29) is 16.7 Å². The van der Waals surface area contributed by atoms with Crippen LogP contribution < -0.4 is 14.9 Å². The summed E-state index contributed by atoms with van der Waals surface area (Å²) in [5.74, 6) is 1.21. The minimum Gasteiger partial charge on any atom is -0.357 e. The first-order valence-corrected chi connectivity index (χ1v) is 12.0. The molecular formula is C21H25ClN4O3S. The fourth-order valence-electron chi connectivity index (χ4n) is 3.52. The monoisotopic (exact) mass is 448 g/mol. The normalized spacial score (nSPS) is 17.7. The van der Waals surface area contributed by atoms with Crippen LogP contribution in [0.5, 0.6) is 0 Å². The van der Waals surface area contributed by atoms with Crippen molar-refractivity contribution in [1.29, 1.82) is 0 Å². The highest BCUT2D eigenvalue weighted by atomic mass is 35.5. The summed E-state index contributed by atoms with van der Waals surface area (Å²) in [6.07, 6.45) is 5.26. The van der Waals surface area contributed by atoms with Gasteiger partial charge in [-0.1, -0.05) is 11.6 Å². The van der Waals surface area contributed by atoms with Crippen molar-refractivity contribution in [3.63, 3.8) is 0 Å². The molecule has 0 spiro atoms. The molecule has 0 unspecified atom stereocenters. The van der Waals surface area contributed by atoms with Crippen LogP contribution >= 0.6 is 11.6 Å². The SMILES string of the molecule is O=C(Nc1ccc(S(=O)(=O)NCC2CC2)cc1)C1CCN(c2ccc(Cl)cn2)CC1. The van der Waals surface area contributed by atoms with Crippen LogP contribution in [0.4, 0.5) is 11.5 Å². The van der Waals surface area contributed by atoms with Crippen molar-refractivity contribution in [3.8, 4) is 0 Å². The number of rotatable bonds is 7. The number of halogens is 1. The maximum atomic E-state index is 12.6. The molecule has 30 heavy (non-hydrogen) atoms. The van der Waals surface area contributed by atoms with Crippen LogP contribution in [0.3, 0.4) is 0 Å². The van der Waals surface area contributed by atoms with Crippen LogP contribution in [-0.2, 0) is 14.8 Å². The van der Waals surface area contributed by atoms with Crippen LogP contribution in [-0.4, -0.2) is 38.9 Å². The lowest BCUT2D eigenvalue weighted by Gasteiger charge is -2.32. The Kier molecular flexibility index (Phi) is 6.26. The third kappa shape index (κ3) is 5.30. The standard InChI is InChI=1S/C21H25ClN4O3S/c22-17-3-8-20(23-14-17)26-11-9-16(10-12-26)21(27)25-18-4-6-19(7-5-18)30(28,29)24-13-15-1-2-15/h3-8,14-16,24H,1-2,9-13H2,(H,25,27). The maximum absolute atomic E-state index is 12.6. The molecule has 1 amide bonds. The number of carbonyl (C=O) groups excluding carboxylic acids is 1. The van der Waals surface area contributed by atoms with E-state index >= 15 is 0 Å². The second kappa shape index (κ2) is 8.91. The lowest BCUT2D eigenvalue weighted by Crippen LogP contribution is -2.38. The third-order valence-electron chi connectivity index (χ3n) is 5.59. The van der Waals surface area contributed by atoms with Gasteiger partial charge in [-0.2, -0.15) is 0 Å². The second-order valence-corrected chi connectivity index (χ2v) is 10.1. The Morgan fingerprint density at radius 2 is 1.77 bits per heavy atom. The van der Waals surface area contributed by atoms with Gasteiger partial charge in [0.1, 0.15) is 5.82 Å². The van der Waals surface area contributed by atoms with Crippen molar-refractivity contribution in [1.82, 2.24) is 9.71 Å². The quantitative estimate of drug-likeness (QED) is 0.678. The molecule has 2 heterocycles. The minimum absolute atomic E-state index is 0.0406. The molecule has 0 atom stereocenters. The molecule has 4 rings (SSSR count). The lowest BCUT2D eigenvalue weighted by molar-refractivity contribution is -0.120. The zero-order valence-corrected chi connectivity index (χ0v) is 18.1. The Balaban J connectivity index is 1.29. The van der Waals surface area contributed by atoms with E-state index in [4.69, 9.17) is 11.6 Å². The first-order valence-electron chi connectivity index (χ1n) is 10.2. The van der Waals surface area contributed by atoms with Gasteiger partial charge in [0, 0.05) is 37.4 Å². The van der Waals surface area contributed by atoms with Crippen molar-refractivity contribution >= 4 is 39.0 Å². The molecule has 1 saturated heterocycles. The van der Waals surface area contributed by atoms with Gasteiger partial charge < -0.3 is 10.2 Å². The van der Waals surface area contributed by atoms with Crippen molar-refractivity contribution in [2.75, 3.05) is 29.9 Å². The molecule has 2 N–H and O–H groups in total. The number of nitrogens with zero attached hydrogens (tertiary/aromatic N) is 2. The fraction of sp³-hybridized carbons (Fsp3) is 0.429. The van der Waals surface area contributed by atoms with Crippen LogP contribution in [0.2, 0.25) is 5.02 Å². The Labute approximate surface area is 181 Å². The fourth-order valence-corrected chi connectivity index (χ4v) is 4.75. The van der Waals surface area contributed by atoms with Gasteiger partial charge in [0.05, 0.1) is 9.92 Å². The maximum Gasteiger partial charge on any atom is 0.240 e. The largest absolute Gasteiger partial charge is 0.357 e. The molecule has 1 aliphatic heterocycles. The summed E-state index contributed by atoms with van der Waals surface area (Å²) >= 11 is 5.89. The molecule has 9 heteroatoms. The number of hydrogen-bond acceptors (Lipinski definition) is 5. The molecule has 1 aromatic heterocycles. The highest BCUT2D eigenvalue weighted by molar-refractivity contribution is 7.89. The Hall–Kier alpha value is -2.16. The third-order valence-corrected chi connectivity index (χ3v) is 7.26. The van der Waals surface area contributed by atoms with Crippen molar-refractivity contribution in [2.45, 2.75) is 30.6 Å². The first kappa shape index (κ1) is 21.1. The Morgan fingerprint density at radius 1 is 1.07 bits per heavy atom. The molecule has 7 nitrogen and oxygen atoms in total. The van der Waals surface area contributed by atoms with Crippen molar-refractivity contribution < 1.29 is 13.2 Å². The average Bonchev–Trinajstić information content (AvgIpc) is 3.58. The molecule has 2 aliphatic rings. The van der Waals surface area contributed by atoms with Gasteiger partial charge in [0.25, 0.3) is 0 Å². The number of hydrogen-bond donors (Lipinski definition) is 2. The van der Waals surface area contributed by atoms with Gasteiger partial charge in [-0.25, -0.2) is 18.1 Å². The van der Waals surface area contributed by atoms with Gasteiger partial charge in [-0.05, 0) is 68.0 Å². The summed E-state index contributed by atoms with van der Waals surface area (Å²) in [7, 11) is -3.50. The number of carbonyl (C=O) groups is 1. The Morgan fingerprint density at radius 3 is 2.37 bits per heavy atom. The molecule has 1 aliphatic carbocycles. The molecular weight excluding hydrogens is 424 g/mol. The number of piperidine rings is 1. The second-order valence-electron chi connectivity index (χ2n) is 7.90. The lowest BCUT2D eigenvalue weighted by atomic mass is 9.96. The molecule has 160 valence electrons. The van der Waals surface area contributed by atoms with E-state index in [9.17, 15) is 13.2 Å². The summed E-state index contributed by atoms with van der Waals surface area (Å²) in [6.45, 7) is 1.98. The summed E-state index contributed by atoms with van der Waals surface area (Å²) in [5.41, 5.74) is 0.600. The van der Waals surface area contributed by atoms with Gasteiger partial charge >= 0.3 is 0 Å². The highest BCUT2D eigenvalue weighted by Crippen LogP contribution is 2.28. The number of nitrogens with one attached hydrogen (secondary N) is 2. The topological polar surface area (TPSA) is 91.4 Å². The van der Waals surface area contributed by atoms with E-state index in [1.807, 2.05) is 12.1 Å². The van der Waals surface area contributed by atoms with Crippen molar-refractivity contribution in [2.24, 2.45) is 11.8 Å². The van der Waals surface area contributed by atoms with E-state index in [1.165, 1.54) is 12.1 Å². The van der Waals surface area contributed by atoms with Gasteiger partial charge in [-0.15, -0.1) is 0 Å². The molecule has 1 saturated carbocycles.